The molecule has 142 valence electrons. The second-order valence-electron chi connectivity index (χ2n) is 6.98. The van der Waals surface area contributed by atoms with Crippen LogP contribution in [0.2, 0.25) is 5.02 Å². The van der Waals surface area contributed by atoms with Gasteiger partial charge in [0.15, 0.2) is 5.65 Å². The number of benzene rings is 1. The van der Waals surface area contributed by atoms with Crippen LogP contribution in [0.3, 0.4) is 0 Å². The number of nitrogens with one attached hydrogen (secondary N) is 2. The monoisotopic (exact) mass is 390 g/mol. The minimum absolute atomic E-state index is 0.196. The Kier molecular flexibility index (Phi) is 4.84. The summed E-state index contributed by atoms with van der Waals surface area (Å²) >= 11 is 6.10. The van der Waals surface area contributed by atoms with Gasteiger partial charge in [0.1, 0.15) is 11.3 Å². The Balaban J connectivity index is 1.58. The average Bonchev–Trinajstić information content (AvgIpc) is 3.18. The first-order valence-electron chi connectivity index (χ1n) is 8.81. The molecular formula is C18H20ClFN6O. The normalized spacial score (nSPS) is 17.7. The van der Waals surface area contributed by atoms with Gasteiger partial charge in [0, 0.05) is 18.1 Å². The molecule has 2 aromatic heterocycles. The number of anilines is 1. The average molecular weight is 391 g/mol. The van der Waals surface area contributed by atoms with Crippen LogP contribution in [0.25, 0.3) is 11.2 Å². The third-order valence-corrected chi connectivity index (χ3v) is 5.24. The Labute approximate surface area is 160 Å². The molecule has 1 atom stereocenters. The van der Waals surface area contributed by atoms with E-state index in [1.54, 1.807) is 12.3 Å². The summed E-state index contributed by atoms with van der Waals surface area (Å²) < 4.78 is 14.7. The van der Waals surface area contributed by atoms with Gasteiger partial charge in [0.25, 0.3) is 0 Å². The van der Waals surface area contributed by atoms with Gasteiger partial charge in [-0.25, -0.2) is 14.2 Å². The van der Waals surface area contributed by atoms with E-state index in [4.69, 9.17) is 11.6 Å². The number of fused-ring (bicyclic) bond motifs is 1. The minimum Gasteiger partial charge on any atom is -0.354 e. The van der Waals surface area contributed by atoms with Crippen LogP contribution in [0.15, 0.2) is 29.2 Å². The van der Waals surface area contributed by atoms with E-state index in [1.807, 2.05) is 0 Å². The summed E-state index contributed by atoms with van der Waals surface area (Å²) in [6.45, 7) is 3.13. The number of imidazole rings is 1. The number of hydrogen-bond acceptors (Lipinski definition) is 5. The van der Waals surface area contributed by atoms with Gasteiger partial charge in [-0.05, 0) is 43.6 Å². The molecule has 3 aromatic rings. The quantitative estimate of drug-likeness (QED) is 0.699. The lowest BCUT2D eigenvalue weighted by Crippen LogP contribution is -2.20. The van der Waals surface area contributed by atoms with E-state index in [1.165, 1.54) is 16.7 Å². The first-order valence-corrected chi connectivity index (χ1v) is 9.19. The van der Waals surface area contributed by atoms with Gasteiger partial charge in [-0.2, -0.15) is 4.98 Å². The largest absolute Gasteiger partial charge is 0.354 e. The molecule has 2 N–H and O–H groups in total. The summed E-state index contributed by atoms with van der Waals surface area (Å²) in [5.41, 5.74) is 1.36. The van der Waals surface area contributed by atoms with Crippen molar-refractivity contribution < 1.29 is 4.39 Å². The molecule has 0 saturated carbocycles. The van der Waals surface area contributed by atoms with Crippen molar-refractivity contribution in [3.63, 3.8) is 0 Å². The zero-order chi connectivity index (χ0) is 19.0. The molecule has 0 radical (unpaired) electrons. The van der Waals surface area contributed by atoms with Crippen LogP contribution in [0, 0.1) is 11.7 Å². The van der Waals surface area contributed by atoms with Crippen LogP contribution < -0.4 is 11.0 Å². The second kappa shape index (κ2) is 7.28. The van der Waals surface area contributed by atoms with Gasteiger partial charge in [-0.1, -0.05) is 17.7 Å². The summed E-state index contributed by atoms with van der Waals surface area (Å²) in [4.78, 5) is 26.2. The molecular weight excluding hydrogens is 371 g/mol. The summed E-state index contributed by atoms with van der Waals surface area (Å²) in [5, 5.41) is 3.54. The highest BCUT2D eigenvalue weighted by Gasteiger charge is 2.19. The Bertz CT molecular complexity index is 1030. The number of nitrogens with zero attached hydrogens (tertiary/aromatic N) is 4. The third-order valence-electron chi connectivity index (χ3n) is 4.89. The van der Waals surface area contributed by atoms with E-state index in [0.717, 1.165) is 26.1 Å². The van der Waals surface area contributed by atoms with E-state index in [-0.39, 0.29) is 17.3 Å². The van der Waals surface area contributed by atoms with E-state index < -0.39 is 5.82 Å². The van der Waals surface area contributed by atoms with Gasteiger partial charge in [0.05, 0.1) is 12.7 Å². The van der Waals surface area contributed by atoms with Gasteiger partial charge >= 0.3 is 5.69 Å². The number of H-pyrrole nitrogens is 1. The lowest BCUT2D eigenvalue weighted by atomic mass is 10.1. The van der Waals surface area contributed by atoms with Crippen LogP contribution >= 0.6 is 11.6 Å². The maximum absolute atomic E-state index is 13.3. The zero-order valence-corrected chi connectivity index (χ0v) is 15.6. The van der Waals surface area contributed by atoms with Crippen LogP contribution in [-0.4, -0.2) is 51.1 Å². The van der Waals surface area contributed by atoms with Crippen LogP contribution in [0.5, 0.6) is 0 Å². The third kappa shape index (κ3) is 3.81. The van der Waals surface area contributed by atoms with Crippen LogP contribution in [0.4, 0.5) is 10.3 Å². The zero-order valence-electron chi connectivity index (χ0n) is 14.9. The SMILES string of the molecule is CN1CCC(CNc2ncc3[nH]c(=O)n(Cc4ccc(F)cc4Cl)c3n2)C1. The Morgan fingerprint density at radius 2 is 2.30 bits per heavy atom. The summed E-state index contributed by atoms with van der Waals surface area (Å²) in [7, 11) is 2.11. The number of likely N-dealkylation sites (tertiary alicyclic amines) is 1. The molecule has 0 amide bonds. The van der Waals surface area contributed by atoms with Gasteiger partial charge < -0.3 is 15.2 Å². The lowest BCUT2D eigenvalue weighted by molar-refractivity contribution is 0.399. The van der Waals surface area contributed by atoms with Crippen LogP contribution in [-0.2, 0) is 6.54 Å². The molecule has 3 heterocycles. The number of aromatic amines is 1. The summed E-state index contributed by atoms with van der Waals surface area (Å²) in [5.74, 6) is 0.622. The van der Waals surface area contributed by atoms with Crippen molar-refractivity contribution in [2.45, 2.75) is 13.0 Å². The molecule has 4 rings (SSSR count). The predicted molar refractivity (Wildman–Crippen MR) is 103 cm³/mol. The summed E-state index contributed by atoms with van der Waals surface area (Å²) in [6.07, 6.45) is 2.74. The fraction of sp³-hybridized carbons (Fsp3) is 0.389. The van der Waals surface area contributed by atoms with Gasteiger partial charge in [-0.3, -0.25) is 4.57 Å². The van der Waals surface area contributed by atoms with Crippen molar-refractivity contribution in [1.82, 2.24) is 24.4 Å². The molecule has 0 spiro atoms. The number of hydrogen-bond donors (Lipinski definition) is 2. The van der Waals surface area contributed by atoms with Crippen molar-refractivity contribution in [2.75, 3.05) is 32.0 Å². The Morgan fingerprint density at radius 3 is 3.04 bits per heavy atom. The van der Waals surface area contributed by atoms with E-state index >= 15 is 0 Å². The van der Waals surface area contributed by atoms with Crippen molar-refractivity contribution in [1.29, 1.82) is 0 Å². The summed E-state index contributed by atoms with van der Waals surface area (Å²) in [6, 6.07) is 4.12. The highest BCUT2D eigenvalue weighted by Crippen LogP contribution is 2.20. The maximum Gasteiger partial charge on any atom is 0.328 e. The predicted octanol–water partition coefficient (Wildman–Crippen LogP) is 2.32. The number of halogens is 2. The molecule has 1 aromatic carbocycles. The standard InChI is InChI=1S/C18H20ClFN6O/c1-25-5-4-11(9-25)7-21-17-22-8-15-16(24-17)26(18(27)23-15)10-12-2-3-13(20)6-14(12)19/h2-3,6,8,11H,4-5,7,9-10H2,1H3,(H,23,27)(H,21,22,24). The van der Waals surface area contributed by atoms with Crippen molar-refractivity contribution in [3.05, 3.63) is 51.3 Å². The molecule has 1 aliphatic rings. The molecule has 1 fully saturated rings. The Hall–Kier alpha value is -2.45. The van der Waals surface area contributed by atoms with Crippen molar-refractivity contribution in [2.24, 2.45) is 5.92 Å². The maximum atomic E-state index is 13.3. The molecule has 0 bridgehead atoms. The fourth-order valence-corrected chi connectivity index (χ4v) is 3.65. The highest BCUT2D eigenvalue weighted by molar-refractivity contribution is 6.31. The smallest absolute Gasteiger partial charge is 0.328 e. The Morgan fingerprint density at radius 1 is 1.44 bits per heavy atom. The number of aromatic nitrogens is 4. The first-order chi connectivity index (χ1) is 13.0. The molecule has 27 heavy (non-hydrogen) atoms. The van der Waals surface area contributed by atoms with Crippen molar-refractivity contribution in [3.8, 4) is 0 Å². The highest BCUT2D eigenvalue weighted by atomic mass is 35.5. The second-order valence-corrected chi connectivity index (χ2v) is 7.39. The topological polar surface area (TPSA) is 78.8 Å². The first kappa shape index (κ1) is 17.9. The molecule has 1 aliphatic heterocycles. The van der Waals surface area contributed by atoms with E-state index in [9.17, 15) is 9.18 Å². The molecule has 0 aliphatic carbocycles. The molecule has 1 saturated heterocycles. The van der Waals surface area contributed by atoms with E-state index in [2.05, 4.69) is 32.2 Å². The molecule has 7 nitrogen and oxygen atoms in total. The molecule has 9 heteroatoms. The van der Waals surface area contributed by atoms with Crippen molar-refractivity contribution >= 4 is 28.7 Å². The van der Waals surface area contributed by atoms with Crippen LogP contribution in [0.1, 0.15) is 12.0 Å². The number of rotatable bonds is 5. The van der Waals surface area contributed by atoms with E-state index in [0.29, 0.717) is 28.6 Å². The van der Waals surface area contributed by atoms with Gasteiger partial charge in [-0.15, -0.1) is 0 Å². The lowest BCUT2D eigenvalue weighted by Gasteiger charge is -2.11. The van der Waals surface area contributed by atoms with Gasteiger partial charge in [0.2, 0.25) is 5.95 Å². The fourth-order valence-electron chi connectivity index (χ4n) is 3.43. The minimum atomic E-state index is -0.415. The molecule has 1 unspecified atom stereocenters.